The maximum Gasteiger partial charge on any atom is 0.220 e. The van der Waals surface area contributed by atoms with Crippen molar-refractivity contribution in [3.05, 3.63) is 53.6 Å². The molecule has 1 aliphatic rings. The molecule has 1 saturated heterocycles. The van der Waals surface area contributed by atoms with Gasteiger partial charge in [0, 0.05) is 45.6 Å². The van der Waals surface area contributed by atoms with Gasteiger partial charge in [0.2, 0.25) is 5.91 Å². The van der Waals surface area contributed by atoms with Crippen molar-refractivity contribution >= 4 is 17.4 Å². The Labute approximate surface area is 168 Å². The van der Waals surface area contributed by atoms with Crippen LogP contribution in [-0.4, -0.2) is 63.8 Å². The largest absolute Gasteiger partial charge is 0.353 e. The monoisotopic (exact) mass is 397 g/mol. The summed E-state index contributed by atoms with van der Waals surface area (Å²) < 4.78 is 14.7. The van der Waals surface area contributed by atoms with Crippen LogP contribution < -0.4 is 10.2 Å². The number of nitrogens with one attached hydrogen (secondary N) is 1. The highest BCUT2D eigenvalue weighted by atomic mass is 19.1. The van der Waals surface area contributed by atoms with Crippen molar-refractivity contribution in [3.63, 3.8) is 0 Å². The molecule has 0 aliphatic carbocycles. The van der Waals surface area contributed by atoms with Crippen LogP contribution in [0.2, 0.25) is 0 Å². The number of halogens is 1. The Bertz CT molecular complexity index is 980. The fourth-order valence-electron chi connectivity index (χ4n) is 3.30. The highest BCUT2D eigenvalue weighted by molar-refractivity contribution is 5.76. The first-order valence-electron chi connectivity index (χ1n) is 9.74. The van der Waals surface area contributed by atoms with E-state index in [4.69, 9.17) is 5.10 Å². The minimum absolute atomic E-state index is 0.0960. The van der Waals surface area contributed by atoms with Crippen LogP contribution in [0.4, 0.5) is 10.2 Å². The third kappa shape index (κ3) is 4.68. The Morgan fingerprint density at radius 1 is 1.07 bits per heavy atom. The molecule has 29 heavy (non-hydrogen) atoms. The van der Waals surface area contributed by atoms with Crippen LogP contribution in [0.1, 0.15) is 17.8 Å². The first kappa shape index (κ1) is 19.3. The Morgan fingerprint density at radius 3 is 2.59 bits per heavy atom. The van der Waals surface area contributed by atoms with E-state index in [9.17, 15) is 9.18 Å². The number of carbonyl (C=O) groups is 1. The number of hydrogen-bond acceptors (Lipinski definition) is 6. The van der Waals surface area contributed by atoms with E-state index < -0.39 is 0 Å². The van der Waals surface area contributed by atoms with Crippen LogP contribution in [0, 0.1) is 5.82 Å². The molecule has 1 aromatic carbocycles. The minimum atomic E-state index is -0.290. The predicted molar refractivity (Wildman–Crippen MR) is 107 cm³/mol. The number of aromatic nitrogens is 4. The number of rotatable bonds is 6. The van der Waals surface area contributed by atoms with Crippen LogP contribution in [0.25, 0.3) is 5.65 Å². The van der Waals surface area contributed by atoms with E-state index in [1.54, 1.807) is 16.6 Å². The molecule has 3 aromatic rings. The molecule has 2 aromatic heterocycles. The number of fused-ring (bicyclic) bond motifs is 1. The lowest BCUT2D eigenvalue weighted by molar-refractivity contribution is -0.121. The number of hydrogen-bond donors (Lipinski definition) is 1. The number of benzene rings is 1. The van der Waals surface area contributed by atoms with Gasteiger partial charge in [-0.05, 0) is 36.9 Å². The second-order valence-corrected chi connectivity index (χ2v) is 7.27. The lowest BCUT2D eigenvalue weighted by Crippen LogP contribution is -2.45. The zero-order valence-electron chi connectivity index (χ0n) is 16.4. The zero-order chi connectivity index (χ0) is 20.2. The predicted octanol–water partition coefficient (Wildman–Crippen LogP) is 1.26. The standard InChI is InChI=1S/C20H24FN7O/c1-26-10-12-27(13-11-26)19-7-6-17-23-24-18(28(17)25-19)8-9-20(29)22-14-15-2-4-16(21)5-3-15/h2-7H,8-14H2,1H3,(H,22,29). The van der Waals surface area contributed by atoms with Gasteiger partial charge in [0.25, 0.3) is 0 Å². The van der Waals surface area contributed by atoms with E-state index in [2.05, 4.69) is 32.4 Å². The van der Waals surface area contributed by atoms with Gasteiger partial charge in [-0.1, -0.05) is 12.1 Å². The lowest BCUT2D eigenvalue weighted by Gasteiger charge is -2.33. The summed E-state index contributed by atoms with van der Waals surface area (Å²) in [4.78, 5) is 16.7. The summed E-state index contributed by atoms with van der Waals surface area (Å²) in [6.45, 7) is 4.23. The SMILES string of the molecule is CN1CCN(c2ccc3nnc(CCC(=O)NCc4ccc(F)cc4)n3n2)CC1. The molecule has 0 atom stereocenters. The molecule has 0 bridgehead atoms. The topological polar surface area (TPSA) is 78.7 Å². The average Bonchev–Trinajstić information content (AvgIpc) is 3.14. The smallest absolute Gasteiger partial charge is 0.220 e. The Balaban J connectivity index is 1.36. The molecule has 1 aliphatic heterocycles. The van der Waals surface area contributed by atoms with Crippen molar-refractivity contribution in [1.29, 1.82) is 0 Å². The normalized spacial score (nSPS) is 15.0. The third-order valence-electron chi connectivity index (χ3n) is 5.12. The van der Waals surface area contributed by atoms with Gasteiger partial charge in [-0.2, -0.15) is 4.52 Å². The zero-order valence-corrected chi connectivity index (χ0v) is 16.4. The molecule has 0 unspecified atom stereocenters. The fraction of sp³-hybridized carbons (Fsp3) is 0.400. The Kier molecular flexibility index (Phi) is 5.66. The van der Waals surface area contributed by atoms with Crippen molar-refractivity contribution in [3.8, 4) is 0 Å². The second-order valence-electron chi connectivity index (χ2n) is 7.27. The summed E-state index contributed by atoms with van der Waals surface area (Å²) in [5.41, 5.74) is 1.52. The van der Waals surface area contributed by atoms with E-state index in [1.165, 1.54) is 12.1 Å². The fourth-order valence-corrected chi connectivity index (χ4v) is 3.30. The maximum atomic E-state index is 12.9. The van der Waals surface area contributed by atoms with Crippen molar-refractivity contribution in [2.24, 2.45) is 0 Å². The molecule has 3 heterocycles. The number of piperazine rings is 1. The van der Waals surface area contributed by atoms with Crippen molar-refractivity contribution in [1.82, 2.24) is 30.0 Å². The van der Waals surface area contributed by atoms with Crippen LogP contribution in [0.3, 0.4) is 0 Å². The van der Waals surface area contributed by atoms with Gasteiger partial charge < -0.3 is 15.1 Å². The number of carbonyl (C=O) groups excluding carboxylic acids is 1. The van der Waals surface area contributed by atoms with Gasteiger partial charge in [0.1, 0.15) is 11.6 Å². The summed E-state index contributed by atoms with van der Waals surface area (Å²) in [6, 6.07) is 9.96. The minimum Gasteiger partial charge on any atom is -0.353 e. The molecule has 9 heteroatoms. The van der Waals surface area contributed by atoms with E-state index in [0.29, 0.717) is 24.4 Å². The molecule has 0 saturated carbocycles. The number of aryl methyl sites for hydroxylation is 1. The number of amides is 1. The van der Waals surface area contributed by atoms with Gasteiger partial charge in [-0.3, -0.25) is 4.79 Å². The van der Waals surface area contributed by atoms with E-state index in [-0.39, 0.29) is 18.1 Å². The van der Waals surface area contributed by atoms with Gasteiger partial charge in [-0.15, -0.1) is 15.3 Å². The Morgan fingerprint density at radius 2 is 1.83 bits per heavy atom. The lowest BCUT2D eigenvalue weighted by atomic mass is 10.2. The van der Waals surface area contributed by atoms with Gasteiger partial charge in [0.05, 0.1) is 0 Å². The van der Waals surface area contributed by atoms with Crippen LogP contribution in [0.5, 0.6) is 0 Å². The molecule has 152 valence electrons. The molecule has 8 nitrogen and oxygen atoms in total. The van der Waals surface area contributed by atoms with E-state index in [0.717, 1.165) is 37.6 Å². The summed E-state index contributed by atoms with van der Waals surface area (Å²) in [6.07, 6.45) is 0.720. The second kappa shape index (κ2) is 8.52. The van der Waals surface area contributed by atoms with Crippen molar-refractivity contribution in [2.45, 2.75) is 19.4 Å². The molecule has 4 rings (SSSR count). The molecule has 1 amide bonds. The molecular formula is C20H24FN7O. The third-order valence-corrected chi connectivity index (χ3v) is 5.12. The molecule has 1 fully saturated rings. The first-order chi connectivity index (χ1) is 14.1. The number of anilines is 1. The van der Waals surface area contributed by atoms with Gasteiger partial charge in [-0.25, -0.2) is 4.39 Å². The van der Waals surface area contributed by atoms with Crippen molar-refractivity contribution < 1.29 is 9.18 Å². The first-order valence-corrected chi connectivity index (χ1v) is 9.74. The van der Waals surface area contributed by atoms with Gasteiger partial charge in [0.15, 0.2) is 11.5 Å². The molecule has 1 N–H and O–H groups in total. The number of nitrogens with zero attached hydrogens (tertiary/aromatic N) is 6. The van der Waals surface area contributed by atoms with Gasteiger partial charge >= 0.3 is 0 Å². The summed E-state index contributed by atoms with van der Waals surface area (Å²) in [5, 5.41) is 15.9. The highest BCUT2D eigenvalue weighted by Gasteiger charge is 2.17. The molecule has 0 spiro atoms. The average molecular weight is 397 g/mol. The molecular weight excluding hydrogens is 373 g/mol. The van der Waals surface area contributed by atoms with E-state index in [1.807, 2.05) is 12.1 Å². The summed E-state index contributed by atoms with van der Waals surface area (Å²) in [7, 11) is 2.12. The Hall–Kier alpha value is -3.07. The van der Waals surface area contributed by atoms with Crippen LogP contribution >= 0.6 is 0 Å². The van der Waals surface area contributed by atoms with E-state index >= 15 is 0 Å². The summed E-state index contributed by atoms with van der Waals surface area (Å²) >= 11 is 0. The summed E-state index contributed by atoms with van der Waals surface area (Å²) in [5.74, 6) is 1.17. The maximum absolute atomic E-state index is 12.9. The quantitative estimate of drug-likeness (QED) is 0.675. The highest BCUT2D eigenvalue weighted by Crippen LogP contribution is 2.15. The van der Waals surface area contributed by atoms with Crippen LogP contribution in [0.15, 0.2) is 36.4 Å². The molecule has 0 radical (unpaired) electrons. The number of likely N-dealkylation sites (N-methyl/N-ethyl adjacent to an activating group) is 1. The van der Waals surface area contributed by atoms with Crippen LogP contribution in [-0.2, 0) is 17.8 Å². The van der Waals surface area contributed by atoms with Crippen molar-refractivity contribution in [2.75, 3.05) is 38.1 Å².